The van der Waals surface area contributed by atoms with Gasteiger partial charge in [-0.3, -0.25) is 9.36 Å². The minimum atomic E-state index is -0.292. The number of amides is 1. The van der Waals surface area contributed by atoms with Gasteiger partial charge in [0.1, 0.15) is 0 Å². The summed E-state index contributed by atoms with van der Waals surface area (Å²) in [5, 5.41) is 12.7. The van der Waals surface area contributed by atoms with Crippen LogP contribution in [0.1, 0.15) is 19.4 Å². The number of thioether (sulfide) groups is 1. The van der Waals surface area contributed by atoms with Crippen LogP contribution in [0.15, 0.2) is 29.4 Å². The molecular weight excluding hydrogens is 386 g/mol. The molecule has 1 saturated heterocycles. The second kappa shape index (κ2) is 9.43. The van der Waals surface area contributed by atoms with Crippen LogP contribution in [0.25, 0.3) is 0 Å². The maximum absolute atomic E-state index is 12.5. The molecule has 1 aliphatic heterocycles. The average Bonchev–Trinajstić information content (AvgIpc) is 3.10. The van der Waals surface area contributed by atoms with Crippen molar-refractivity contribution in [3.8, 4) is 0 Å². The van der Waals surface area contributed by atoms with Crippen molar-refractivity contribution in [1.82, 2.24) is 20.1 Å². The number of nitrogens with zero attached hydrogens (tertiary/aromatic N) is 4. The van der Waals surface area contributed by atoms with E-state index in [4.69, 9.17) is 16.3 Å². The molecule has 1 atom stereocenters. The third-order valence-electron chi connectivity index (χ3n) is 4.37. The van der Waals surface area contributed by atoms with Crippen molar-refractivity contribution in [2.75, 3.05) is 31.2 Å². The first-order chi connectivity index (χ1) is 13.1. The number of carbonyl (C=O) groups excluding carboxylic acids is 1. The van der Waals surface area contributed by atoms with Crippen LogP contribution in [0.4, 0.5) is 5.95 Å². The smallest absolute Gasteiger partial charge is 0.233 e. The monoisotopic (exact) mass is 409 g/mol. The van der Waals surface area contributed by atoms with Crippen LogP contribution in [-0.2, 0) is 22.6 Å². The number of rotatable bonds is 7. The second-order valence-electron chi connectivity index (χ2n) is 6.20. The fourth-order valence-corrected chi connectivity index (χ4v) is 3.96. The van der Waals surface area contributed by atoms with Crippen LogP contribution in [0.5, 0.6) is 0 Å². The normalized spacial score (nSPS) is 15.6. The zero-order chi connectivity index (χ0) is 19.2. The van der Waals surface area contributed by atoms with Gasteiger partial charge in [0, 0.05) is 31.2 Å². The molecule has 0 radical (unpaired) electrons. The van der Waals surface area contributed by atoms with E-state index in [-0.39, 0.29) is 11.2 Å². The highest BCUT2D eigenvalue weighted by molar-refractivity contribution is 8.00. The largest absolute Gasteiger partial charge is 0.378 e. The highest BCUT2D eigenvalue weighted by atomic mass is 35.5. The third kappa shape index (κ3) is 4.94. The lowest BCUT2D eigenvalue weighted by molar-refractivity contribution is -0.120. The Morgan fingerprint density at radius 1 is 1.33 bits per heavy atom. The number of halogens is 1. The standard InChI is InChI=1S/C18H24ClN5O2S/c1-3-24-17(23-8-10-26-11-9-23)21-22-18(24)27-13(2)16(25)20-12-14-6-4-5-7-15(14)19/h4-7,13H,3,8-12H2,1-2H3,(H,20,25). The molecule has 9 heteroatoms. The molecular formula is C18H24ClN5O2S. The van der Waals surface area contributed by atoms with Gasteiger partial charge in [0.05, 0.1) is 18.5 Å². The molecule has 1 aliphatic rings. The van der Waals surface area contributed by atoms with Crippen molar-refractivity contribution >= 4 is 35.2 Å². The number of aromatic nitrogens is 3. The van der Waals surface area contributed by atoms with Gasteiger partial charge in [0.15, 0.2) is 5.16 Å². The highest BCUT2D eigenvalue weighted by Gasteiger charge is 2.23. The molecule has 0 bridgehead atoms. The van der Waals surface area contributed by atoms with Gasteiger partial charge >= 0.3 is 0 Å². The summed E-state index contributed by atoms with van der Waals surface area (Å²) in [7, 11) is 0. The van der Waals surface area contributed by atoms with Crippen LogP contribution in [-0.4, -0.2) is 52.2 Å². The Balaban J connectivity index is 1.61. The molecule has 1 aromatic carbocycles. The zero-order valence-electron chi connectivity index (χ0n) is 15.5. The maximum atomic E-state index is 12.5. The van der Waals surface area contributed by atoms with E-state index < -0.39 is 0 Å². The van der Waals surface area contributed by atoms with Crippen molar-refractivity contribution in [1.29, 1.82) is 0 Å². The van der Waals surface area contributed by atoms with E-state index in [1.807, 2.05) is 35.8 Å². The molecule has 7 nitrogen and oxygen atoms in total. The van der Waals surface area contributed by atoms with E-state index in [1.54, 1.807) is 0 Å². The fourth-order valence-electron chi connectivity index (χ4n) is 2.82. The molecule has 3 rings (SSSR count). The lowest BCUT2D eigenvalue weighted by Crippen LogP contribution is -2.38. The van der Waals surface area contributed by atoms with Crippen LogP contribution < -0.4 is 10.2 Å². The Labute approximate surface area is 168 Å². The summed E-state index contributed by atoms with van der Waals surface area (Å²) in [6.07, 6.45) is 0. The van der Waals surface area contributed by atoms with E-state index in [1.165, 1.54) is 11.8 Å². The van der Waals surface area contributed by atoms with Gasteiger partial charge in [-0.25, -0.2) is 0 Å². The molecule has 2 heterocycles. The molecule has 0 spiro atoms. The van der Waals surface area contributed by atoms with Gasteiger partial charge in [-0.1, -0.05) is 41.6 Å². The first kappa shape index (κ1) is 20.0. The second-order valence-corrected chi connectivity index (χ2v) is 7.91. The first-order valence-corrected chi connectivity index (χ1v) is 10.3. The van der Waals surface area contributed by atoms with Crippen molar-refractivity contribution in [3.63, 3.8) is 0 Å². The molecule has 2 aromatic rings. The Kier molecular flexibility index (Phi) is 6.98. The summed E-state index contributed by atoms with van der Waals surface area (Å²) in [5.74, 6) is 0.783. The van der Waals surface area contributed by atoms with E-state index in [0.29, 0.717) is 24.8 Å². The van der Waals surface area contributed by atoms with E-state index >= 15 is 0 Å². The molecule has 27 heavy (non-hydrogen) atoms. The molecule has 1 N–H and O–H groups in total. The summed E-state index contributed by atoms with van der Waals surface area (Å²) in [6.45, 7) is 8.07. The predicted octanol–water partition coefficient (Wildman–Crippen LogP) is 2.59. The summed E-state index contributed by atoms with van der Waals surface area (Å²) in [6, 6.07) is 7.50. The van der Waals surface area contributed by atoms with Gasteiger partial charge in [0.2, 0.25) is 11.9 Å². The molecule has 0 saturated carbocycles. The summed E-state index contributed by atoms with van der Waals surface area (Å²) >= 11 is 7.55. The van der Waals surface area contributed by atoms with Crippen LogP contribution in [0, 0.1) is 0 Å². The van der Waals surface area contributed by atoms with Gasteiger partial charge in [0.25, 0.3) is 0 Å². The topological polar surface area (TPSA) is 72.3 Å². The van der Waals surface area contributed by atoms with Crippen molar-refractivity contribution in [2.45, 2.75) is 37.3 Å². The van der Waals surface area contributed by atoms with E-state index in [9.17, 15) is 4.79 Å². The molecule has 1 fully saturated rings. The number of hydrogen-bond donors (Lipinski definition) is 1. The van der Waals surface area contributed by atoms with Crippen LogP contribution >= 0.6 is 23.4 Å². The Hall–Kier alpha value is -1.77. The van der Waals surface area contributed by atoms with Crippen molar-refractivity contribution < 1.29 is 9.53 Å². The average molecular weight is 410 g/mol. The lowest BCUT2D eigenvalue weighted by Gasteiger charge is -2.27. The summed E-state index contributed by atoms with van der Waals surface area (Å²) in [5.41, 5.74) is 0.899. The third-order valence-corrected chi connectivity index (χ3v) is 5.82. The van der Waals surface area contributed by atoms with Gasteiger partial charge in [-0.2, -0.15) is 0 Å². The zero-order valence-corrected chi connectivity index (χ0v) is 17.1. The Morgan fingerprint density at radius 3 is 2.78 bits per heavy atom. The number of carbonyl (C=O) groups is 1. The molecule has 1 aromatic heterocycles. The van der Waals surface area contributed by atoms with Gasteiger partial charge in [-0.15, -0.1) is 10.2 Å². The SMILES string of the molecule is CCn1c(SC(C)C(=O)NCc2ccccc2Cl)nnc1N1CCOCC1. The van der Waals surface area contributed by atoms with E-state index in [0.717, 1.165) is 36.3 Å². The summed E-state index contributed by atoms with van der Waals surface area (Å²) < 4.78 is 7.45. The van der Waals surface area contributed by atoms with Crippen LogP contribution in [0.2, 0.25) is 5.02 Å². The minimum Gasteiger partial charge on any atom is -0.378 e. The van der Waals surface area contributed by atoms with Crippen LogP contribution in [0.3, 0.4) is 0 Å². The number of ether oxygens (including phenoxy) is 1. The van der Waals surface area contributed by atoms with Gasteiger partial charge in [-0.05, 0) is 25.5 Å². The van der Waals surface area contributed by atoms with E-state index in [2.05, 4.69) is 27.3 Å². The van der Waals surface area contributed by atoms with Crippen molar-refractivity contribution in [2.24, 2.45) is 0 Å². The molecule has 1 unspecified atom stereocenters. The number of morpholine rings is 1. The molecule has 1 amide bonds. The van der Waals surface area contributed by atoms with Crippen molar-refractivity contribution in [3.05, 3.63) is 34.9 Å². The number of benzene rings is 1. The quantitative estimate of drug-likeness (QED) is 0.708. The summed E-state index contributed by atoms with van der Waals surface area (Å²) in [4.78, 5) is 14.7. The number of hydrogen-bond acceptors (Lipinski definition) is 6. The predicted molar refractivity (Wildman–Crippen MR) is 107 cm³/mol. The number of nitrogens with one attached hydrogen (secondary N) is 1. The maximum Gasteiger partial charge on any atom is 0.233 e. The van der Waals surface area contributed by atoms with Gasteiger partial charge < -0.3 is 15.0 Å². The Morgan fingerprint density at radius 2 is 2.07 bits per heavy atom. The lowest BCUT2D eigenvalue weighted by atomic mass is 10.2. The number of anilines is 1. The first-order valence-electron chi connectivity index (χ1n) is 9.03. The molecule has 0 aliphatic carbocycles. The minimum absolute atomic E-state index is 0.0569. The Bertz CT molecular complexity index is 779. The fraction of sp³-hybridized carbons (Fsp3) is 0.500. The highest BCUT2D eigenvalue weighted by Crippen LogP contribution is 2.26. The molecule has 146 valence electrons.